The average Bonchev–Trinajstić information content (AvgIpc) is 2.91. The molecule has 1 heterocycles. The van der Waals surface area contributed by atoms with Crippen LogP contribution in [0.15, 0.2) is 54.9 Å². The van der Waals surface area contributed by atoms with Gasteiger partial charge in [-0.25, -0.2) is 0 Å². The van der Waals surface area contributed by atoms with Crippen LogP contribution in [-0.4, -0.2) is 53.0 Å². The molecular formula is C29H43N5O5. The molecule has 0 bridgehead atoms. The number of pyridine rings is 1. The lowest BCUT2D eigenvalue weighted by atomic mass is 10.2. The molecule has 0 saturated heterocycles. The maximum absolute atomic E-state index is 12.2. The topological polar surface area (TPSA) is 146 Å². The van der Waals surface area contributed by atoms with Crippen LogP contribution in [0.2, 0.25) is 0 Å². The number of ketones is 1. The summed E-state index contributed by atoms with van der Waals surface area (Å²) >= 11 is 0. The van der Waals surface area contributed by atoms with Gasteiger partial charge in [0.05, 0.1) is 6.54 Å². The van der Waals surface area contributed by atoms with Gasteiger partial charge in [0, 0.05) is 24.5 Å². The minimum Gasteiger partial charge on any atom is -0.347 e. The molecule has 0 aliphatic rings. The molecule has 0 fully saturated rings. The number of rotatable bonds is 10. The first-order chi connectivity index (χ1) is 18.4. The summed E-state index contributed by atoms with van der Waals surface area (Å²) in [6.07, 6.45) is 4.16. The fraction of sp³-hybridized carbons (Fsp3) is 0.448. The molecule has 0 aliphatic heterocycles. The van der Waals surface area contributed by atoms with Crippen molar-refractivity contribution in [1.82, 2.24) is 26.3 Å². The molecule has 1 aromatic heterocycles. The van der Waals surface area contributed by atoms with Crippen molar-refractivity contribution in [3.05, 3.63) is 66.0 Å². The van der Waals surface area contributed by atoms with Gasteiger partial charge in [-0.15, -0.1) is 0 Å². The van der Waals surface area contributed by atoms with E-state index in [0.717, 1.165) is 11.5 Å². The van der Waals surface area contributed by atoms with Gasteiger partial charge in [-0.1, -0.05) is 71.4 Å². The number of amides is 4. The number of carbonyl (C=O) groups is 5. The fourth-order valence-electron chi connectivity index (χ4n) is 2.53. The molecule has 0 saturated carbocycles. The van der Waals surface area contributed by atoms with Crippen molar-refractivity contribution in [1.29, 1.82) is 0 Å². The summed E-state index contributed by atoms with van der Waals surface area (Å²) in [5, 5.41) is 9.75. The van der Waals surface area contributed by atoms with Crippen molar-refractivity contribution in [3.8, 4) is 0 Å². The highest BCUT2D eigenvalue weighted by molar-refractivity contribution is 6.37. The van der Waals surface area contributed by atoms with E-state index < -0.39 is 48.0 Å². The molecule has 2 atom stereocenters. The number of hydrogen-bond donors (Lipinski definition) is 4. The van der Waals surface area contributed by atoms with Gasteiger partial charge in [0.2, 0.25) is 17.6 Å². The van der Waals surface area contributed by atoms with E-state index in [1.807, 2.05) is 18.2 Å². The standard InChI is InChI=1S/C22H25N5O5.C4H10.C3H8/c1-14(26-20(30)15(2)27-21(31)17-8-10-23-11-9-17)19(29)25-13-18(28)22(32)24-12-16-6-4-3-5-7-16;1-4(2)3;1-3-2/h3-11,14-15H,12-13H2,1-2H3,(H,24,32)(H,25,29)(H,26,30)(H,27,31);4H,1-3H3;3H2,1-2H3/t14-,15?;;/m0../s1. The average molecular weight is 542 g/mol. The van der Waals surface area contributed by atoms with E-state index in [1.165, 1.54) is 44.8 Å². The Kier molecular flexibility index (Phi) is 17.9. The first-order valence-corrected chi connectivity index (χ1v) is 13.1. The third-order valence-corrected chi connectivity index (χ3v) is 4.41. The summed E-state index contributed by atoms with van der Waals surface area (Å²) in [5.74, 6) is -2.49. The van der Waals surface area contributed by atoms with Gasteiger partial charge in [-0.2, -0.15) is 0 Å². The van der Waals surface area contributed by atoms with Gasteiger partial charge in [-0.05, 0) is 37.5 Å². The highest BCUT2D eigenvalue weighted by Gasteiger charge is 2.22. The van der Waals surface area contributed by atoms with Crippen LogP contribution in [0.5, 0.6) is 0 Å². The zero-order chi connectivity index (χ0) is 29.8. The van der Waals surface area contributed by atoms with Crippen LogP contribution in [0, 0.1) is 5.92 Å². The predicted molar refractivity (Wildman–Crippen MR) is 152 cm³/mol. The minimum atomic E-state index is -0.983. The van der Waals surface area contributed by atoms with Crippen LogP contribution < -0.4 is 21.3 Å². The third kappa shape index (κ3) is 16.4. The molecule has 10 nitrogen and oxygen atoms in total. The van der Waals surface area contributed by atoms with Gasteiger partial charge in [0.25, 0.3) is 11.8 Å². The van der Waals surface area contributed by atoms with Crippen molar-refractivity contribution in [2.24, 2.45) is 5.92 Å². The van der Waals surface area contributed by atoms with Crippen LogP contribution in [0.4, 0.5) is 0 Å². The molecule has 0 aliphatic carbocycles. The number of nitrogens with zero attached hydrogens (tertiary/aromatic N) is 1. The number of aromatic nitrogens is 1. The van der Waals surface area contributed by atoms with Crippen LogP contribution in [-0.2, 0) is 25.7 Å². The van der Waals surface area contributed by atoms with E-state index in [-0.39, 0.29) is 6.54 Å². The smallest absolute Gasteiger partial charge is 0.289 e. The number of benzene rings is 1. The third-order valence-electron chi connectivity index (χ3n) is 4.41. The van der Waals surface area contributed by atoms with Crippen molar-refractivity contribution < 1.29 is 24.0 Å². The summed E-state index contributed by atoms with van der Waals surface area (Å²) in [5.41, 5.74) is 1.17. The fourth-order valence-corrected chi connectivity index (χ4v) is 2.53. The Labute approximate surface area is 231 Å². The Bertz CT molecular complexity index is 1030. The maximum Gasteiger partial charge on any atom is 0.289 e. The summed E-state index contributed by atoms with van der Waals surface area (Å²) in [6.45, 7) is 13.3. The Hall–Kier alpha value is -4.08. The van der Waals surface area contributed by atoms with Gasteiger partial charge in [0.1, 0.15) is 12.1 Å². The molecule has 10 heteroatoms. The number of hydrogen-bond acceptors (Lipinski definition) is 6. The lowest BCUT2D eigenvalue weighted by Gasteiger charge is -2.18. The van der Waals surface area contributed by atoms with Gasteiger partial charge in [0.15, 0.2) is 0 Å². The molecule has 4 amide bonds. The summed E-state index contributed by atoms with van der Waals surface area (Å²) < 4.78 is 0. The maximum atomic E-state index is 12.2. The lowest BCUT2D eigenvalue weighted by Crippen LogP contribution is -2.52. The molecule has 0 radical (unpaired) electrons. The molecular weight excluding hydrogens is 498 g/mol. The predicted octanol–water partition coefficient (Wildman–Crippen LogP) is 2.78. The van der Waals surface area contributed by atoms with Crippen molar-refractivity contribution in [2.45, 2.75) is 73.5 Å². The molecule has 2 aromatic rings. The lowest BCUT2D eigenvalue weighted by molar-refractivity contribution is -0.138. The molecule has 4 N–H and O–H groups in total. The van der Waals surface area contributed by atoms with Crippen molar-refractivity contribution in [3.63, 3.8) is 0 Å². The van der Waals surface area contributed by atoms with Crippen molar-refractivity contribution in [2.75, 3.05) is 6.54 Å². The van der Waals surface area contributed by atoms with Crippen LogP contribution in [0.1, 0.15) is 70.8 Å². The molecule has 39 heavy (non-hydrogen) atoms. The van der Waals surface area contributed by atoms with Crippen LogP contribution in [0.3, 0.4) is 0 Å². The van der Waals surface area contributed by atoms with E-state index >= 15 is 0 Å². The minimum absolute atomic E-state index is 0.189. The Balaban J connectivity index is 0.00000185. The zero-order valence-corrected chi connectivity index (χ0v) is 24.0. The summed E-state index contributed by atoms with van der Waals surface area (Å²) in [6, 6.07) is 10.2. The zero-order valence-electron chi connectivity index (χ0n) is 24.0. The van der Waals surface area contributed by atoms with E-state index in [0.29, 0.717) is 5.56 Å². The van der Waals surface area contributed by atoms with Crippen LogP contribution >= 0.6 is 0 Å². The first kappa shape index (κ1) is 34.9. The van der Waals surface area contributed by atoms with Crippen LogP contribution in [0.25, 0.3) is 0 Å². The summed E-state index contributed by atoms with van der Waals surface area (Å²) in [7, 11) is 0. The van der Waals surface area contributed by atoms with Gasteiger partial charge >= 0.3 is 0 Å². The molecule has 214 valence electrons. The van der Waals surface area contributed by atoms with E-state index in [2.05, 4.69) is 60.9 Å². The number of nitrogens with one attached hydrogen (secondary N) is 4. The first-order valence-electron chi connectivity index (χ1n) is 13.1. The highest BCUT2D eigenvalue weighted by Crippen LogP contribution is 1.98. The largest absolute Gasteiger partial charge is 0.347 e. The Morgan fingerprint density at radius 1 is 0.744 bits per heavy atom. The summed E-state index contributed by atoms with van der Waals surface area (Å²) in [4.78, 5) is 64.1. The van der Waals surface area contributed by atoms with Gasteiger partial charge in [-0.3, -0.25) is 29.0 Å². The second-order valence-electron chi connectivity index (χ2n) is 9.41. The quantitative estimate of drug-likeness (QED) is 0.340. The number of Topliss-reactive ketones (excluding diaryl/α,β-unsaturated/α-hetero) is 1. The van der Waals surface area contributed by atoms with Crippen molar-refractivity contribution >= 4 is 29.4 Å². The Morgan fingerprint density at radius 2 is 1.26 bits per heavy atom. The van der Waals surface area contributed by atoms with E-state index in [1.54, 1.807) is 12.1 Å². The monoisotopic (exact) mass is 541 g/mol. The highest BCUT2D eigenvalue weighted by atomic mass is 16.2. The molecule has 1 unspecified atom stereocenters. The SMILES string of the molecule is CC(C)C.CC(NC(=O)c1ccncc1)C(=O)N[C@@H](C)C(=O)NCC(=O)C(=O)NCc1ccccc1.CCC. The second-order valence-corrected chi connectivity index (χ2v) is 9.41. The second kappa shape index (κ2) is 20.0. The Morgan fingerprint density at radius 3 is 1.79 bits per heavy atom. The molecule has 0 spiro atoms. The van der Waals surface area contributed by atoms with E-state index in [4.69, 9.17) is 0 Å². The normalized spacial score (nSPS) is 11.3. The number of carbonyl (C=O) groups excluding carboxylic acids is 5. The molecule has 2 rings (SSSR count). The van der Waals surface area contributed by atoms with Gasteiger partial charge < -0.3 is 21.3 Å². The van der Waals surface area contributed by atoms with E-state index in [9.17, 15) is 24.0 Å². The molecule has 1 aromatic carbocycles.